The first-order chi connectivity index (χ1) is 11.4. The van der Waals surface area contributed by atoms with E-state index in [-0.39, 0.29) is 23.0 Å². The number of nitrogen functional groups attached to an aromatic ring is 1. The minimum absolute atomic E-state index is 0.0791. The number of nitrogens with two attached hydrogens (primary N) is 1. The quantitative estimate of drug-likeness (QED) is 0.790. The summed E-state index contributed by atoms with van der Waals surface area (Å²) in [5.41, 5.74) is 3.41. The zero-order valence-corrected chi connectivity index (χ0v) is 12.7. The Morgan fingerprint density at radius 2 is 2.33 bits per heavy atom. The van der Waals surface area contributed by atoms with Crippen LogP contribution in [0.2, 0.25) is 0 Å². The Morgan fingerprint density at radius 1 is 1.58 bits per heavy atom. The van der Waals surface area contributed by atoms with E-state index >= 15 is 0 Å². The van der Waals surface area contributed by atoms with Crippen LogP contribution in [0.3, 0.4) is 0 Å². The van der Waals surface area contributed by atoms with Crippen LogP contribution < -0.4 is 10.5 Å². The molecule has 3 heterocycles. The van der Waals surface area contributed by atoms with Crippen LogP contribution in [0.15, 0.2) is 6.33 Å². The molecule has 0 spiro atoms. The molecule has 2 aromatic rings. The van der Waals surface area contributed by atoms with Crippen molar-refractivity contribution in [1.82, 2.24) is 19.5 Å². The average molecular weight is 339 g/mol. The summed E-state index contributed by atoms with van der Waals surface area (Å²) in [6.07, 6.45) is 4.01. The minimum atomic E-state index is -2.61. The van der Waals surface area contributed by atoms with Crippen molar-refractivity contribution >= 4 is 17.1 Å². The average Bonchev–Trinajstić information content (AvgIpc) is 3.07. The van der Waals surface area contributed by atoms with Crippen molar-refractivity contribution in [3.05, 3.63) is 6.33 Å². The van der Waals surface area contributed by atoms with Gasteiger partial charge in [0.05, 0.1) is 19.4 Å². The van der Waals surface area contributed by atoms with Gasteiger partial charge >= 0.3 is 0 Å². The molecule has 2 aromatic heterocycles. The lowest BCUT2D eigenvalue weighted by Gasteiger charge is -2.21. The second-order valence-electron chi connectivity index (χ2n) is 5.34. The SMILES string of the molecule is C#C[C@@]1(F)C[C@@](F)(CO)O[C@H]1n1cnc2c(OCC)nc(N)nc21. The summed E-state index contributed by atoms with van der Waals surface area (Å²) in [5, 5.41) is 9.11. The van der Waals surface area contributed by atoms with Crippen LogP contribution in [0.4, 0.5) is 14.7 Å². The van der Waals surface area contributed by atoms with E-state index in [0.717, 1.165) is 4.57 Å². The molecule has 1 saturated heterocycles. The highest BCUT2D eigenvalue weighted by atomic mass is 19.2. The Balaban J connectivity index is 2.14. The molecule has 128 valence electrons. The van der Waals surface area contributed by atoms with Gasteiger partial charge < -0.3 is 20.3 Å². The Kier molecular flexibility index (Phi) is 3.77. The van der Waals surface area contributed by atoms with E-state index in [4.69, 9.17) is 26.7 Å². The highest BCUT2D eigenvalue weighted by Gasteiger charge is 2.58. The van der Waals surface area contributed by atoms with Crippen molar-refractivity contribution in [2.75, 3.05) is 18.9 Å². The molecule has 1 fully saturated rings. The Labute approximate surface area is 135 Å². The van der Waals surface area contributed by atoms with Crippen molar-refractivity contribution in [2.24, 2.45) is 0 Å². The first-order valence-electron chi connectivity index (χ1n) is 7.13. The molecule has 0 saturated carbocycles. The van der Waals surface area contributed by atoms with Gasteiger partial charge in [-0.2, -0.15) is 9.97 Å². The molecule has 0 bridgehead atoms. The normalized spacial score (nSPS) is 29.7. The Morgan fingerprint density at radius 3 is 2.96 bits per heavy atom. The molecule has 3 atom stereocenters. The number of alkyl halides is 2. The van der Waals surface area contributed by atoms with Crippen LogP contribution in [0, 0.1) is 12.3 Å². The van der Waals surface area contributed by atoms with Gasteiger partial charge in [-0.3, -0.25) is 4.57 Å². The fourth-order valence-corrected chi connectivity index (χ4v) is 2.62. The number of hydrogen-bond acceptors (Lipinski definition) is 7. The summed E-state index contributed by atoms with van der Waals surface area (Å²) >= 11 is 0. The molecule has 1 aliphatic heterocycles. The van der Waals surface area contributed by atoms with Crippen molar-refractivity contribution in [3.63, 3.8) is 0 Å². The molecule has 0 radical (unpaired) electrons. The predicted octanol–water partition coefficient (Wildman–Crippen LogP) is 0.726. The fourth-order valence-electron chi connectivity index (χ4n) is 2.62. The first-order valence-corrected chi connectivity index (χ1v) is 7.13. The van der Waals surface area contributed by atoms with Gasteiger partial charge in [0.15, 0.2) is 17.4 Å². The molecule has 0 unspecified atom stereocenters. The lowest BCUT2D eigenvalue weighted by atomic mass is 10.00. The second-order valence-corrected chi connectivity index (χ2v) is 5.34. The third kappa shape index (κ3) is 2.42. The van der Waals surface area contributed by atoms with Crippen LogP contribution >= 0.6 is 0 Å². The molecule has 0 aromatic carbocycles. The number of imidazole rings is 1. The number of rotatable bonds is 4. The van der Waals surface area contributed by atoms with E-state index in [0.29, 0.717) is 6.61 Å². The summed E-state index contributed by atoms with van der Waals surface area (Å²) in [7, 11) is 0. The molecule has 10 heteroatoms. The molecule has 3 rings (SSSR count). The van der Waals surface area contributed by atoms with E-state index in [1.165, 1.54) is 6.33 Å². The number of halogens is 2. The second kappa shape index (κ2) is 5.54. The molecule has 3 N–H and O–H groups in total. The molecular weight excluding hydrogens is 324 g/mol. The lowest BCUT2D eigenvalue weighted by Crippen LogP contribution is -2.29. The number of aliphatic hydroxyl groups is 1. The summed E-state index contributed by atoms with van der Waals surface area (Å²) in [6.45, 7) is 1.00. The molecule has 8 nitrogen and oxygen atoms in total. The largest absolute Gasteiger partial charge is 0.476 e. The van der Waals surface area contributed by atoms with E-state index in [9.17, 15) is 8.78 Å². The molecular formula is C14H15F2N5O3. The first kappa shape index (κ1) is 16.4. The van der Waals surface area contributed by atoms with Crippen molar-refractivity contribution in [2.45, 2.75) is 31.1 Å². The highest BCUT2D eigenvalue weighted by Crippen LogP contribution is 2.48. The van der Waals surface area contributed by atoms with Crippen LogP contribution in [0.5, 0.6) is 5.88 Å². The van der Waals surface area contributed by atoms with Gasteiger partial charge in [0.2, 0.25) is 23.4 Å². The maximum absolute atomic E-state index is 15.0. The number of hydrogen-bond donors (Lipinski definition) is 2. The van der Waals surface area contributed by atoms with Gasteiger partial charge in [0, 0.05) is 0 Å². The number of anilines is 1. The van der Waals surface area contributed by atoms with Gasteiger partial charge in [-0.15, -0.1) is 6.42 Å². The Bertz CT molecular complexity index is 823. The monoisotopic (exact) mass is 339 g/mol. The maximum Gasteiger partial charge on any atom is 0.247 e. The van der Waals surface area contributed by atoms with Gasteiger partial charge in [0.1, 0.15) is 6.61 Å². The molecule has 0 aliphatic carbocycles. The Hall–Kier alpha value is -2.51. The third-order valence-corrected chi connectivity index (χ3v) is 3.65. The van der Waals surface area contributed by atoms with Gasteiger partial charge in [0.25, 0.3) is 0 Å². The van der Waals surface area contributed by atoms with Gasteiger partial charge in [-0.25, -0.2) is 13.8 Å². The summed E-state index contributed by atoms with van der Waals surface area (Å²) in [5.74, 6) is -0.745. The summed E-state index contributed by atoms with van der Waals surface area (Å²) in [6, 6.07) is 0. The van der Waals surface area contributed by atoms with E-state index in [1.54, 1.807) is 6.92 Å². The van der Waals surface area contributed by atoms with Crippen LogP contribution in [0.25, 0.3) is 11.2 Å². The zero-order chi connectivity index (χ0) is 17.5. The van der Waals surface area contributed by atoms with E-state index in [1.807, 2.05) is 5.92 Å². The number of terminal acetylenes is 1. The number of nitrogens with zero attached hydrogens (tertiary/aromatic N) is 4. The van der Waals surface area contributed by atoms with Crippen molar-refractivity contribution in [3.8, 4) is 18.2 Å². The van der Waals surface area contributed by atoms with E-state index < -0.39 is 30.8 Å². The molecule has 0 amide bonds. The molecule has 24 heavy (non-hydrogen) atoms. The summed E-state index contributed by atoms with van der Waals surface area (Å²) in [4.78, 5) is 11.9. The van der Waals surface area contributed by atoms with Crippen LogP contribution in [-0.4, -0.2) is 49.4 Å². The van der Waals surface area contributed by atoms with E-state index in [2.05, 4.69) is 15.0 Å². The standard InChI is InChI=1S/C14H15F2N5O3/c1-3-13(15)5-14(16,6-22)24-11(13)21-7-18-8-9(21)19-12(17)20-10(8)23-4-2/h1,7,11,22H,4-6H2,2H3,(H2,17,19,20)/t11-,13-,14+/m1/s1. The third-order valence-electron chi connectivity index (χ3n) is 3.65. The lowest BCUT2D eigenvalue weighted by molar-refractivity contribution is -0.179. The maximum atomic E-state index is 15.0. The highest BCUT2D eigenvalue weighted by molar-refractivity contribution is 5.77. The van der Waals surface area contributed by atoms with Gasteiger partial charge in [-0.05, 0) is 6.92 Å². The number of fused-ring (bicyclic) bond motifs is 1. The fraction of sp³-hybridized carbons (Fsp3) is 0.500. The minimum Gasteiger partial charge on any atom is -0.476 e. The predicted molar refractivity (Wildman–Crippen MR) is 79.2 cm³/mol. The molecule has 1 aliphatic rings. The van der Waals surface area contributed by atoms with Crippen LogP contribution in [0.1, 0.15) is 19.6 Å². The smallest absolute Gasteiger partial charge is 0.247 e. The van der Waals surface area contributed by atoms with Crippen molar-refractivity contribution < 1.29 is 23.4 Å². The number of aromatic nitrogens is 4. The summed E-state index contributed by atoms with van der Waals surface area (Å²) < 4.78 is 40.8. The van der Waals surface area contributed by atoms with Crippen molar-refractivity contribution in [1.29, 1.82) is 0 Å². The topological polar surface area (TPSA) is 108 Å². The number of ether oxygens (including phenoxy) is 2. The number of aliphatic hydroxyl groups excluding tert-OH is 1. The zero-order valence-electron chi connectivity index (χ0n) is 12.7. The van der Waals surface area contributed by atoms with Crippen LogP contribution in [-0.2, 0) is 4.74 Å². The van der Waals surface area contributed by atoms with Gasteiger partial charge in [-0.1, -0.05) is 5.92 Å².